The summed E-state index contributed by atoms with van der Waals surface area (Å²) >= 11 is 0. The number of aryl methyl sites for hydroxylation is 1. The summed E-state index contributed by atoms with van der Waals surface area (Å²) in [5.41, 5.74) is -0.258. The summed E-state index contributed by atoms with van der Waals surface area (Å²) in [7, 11) is 0. The Hall–Kier alpha value is -2.44. The van der Waals surface area contributed by atoms with Gasteiger partial charge in [-0.05, 0) is 30.7 Å². The zero-order valence-electron chi connectivity index (χ0n) is 10.4. The Morgan fingerprint density at radius 3 is 2.50 bits per heavy atom. The van der Waals surface area contributed by atoms with Gasteiger partial charge in [-0.15, -0.1) is 0 Å². The largest absolute Gasteiger partial charge is 0.433 e. The summed E-state index contributed by atoms with van der Waals surface area (Å²) in [5.74, 6) is -0.203. The number of anilines is 1. The number of nitrogens with one attached hydrogen (secondary N) is 1. The lowest BCUT2D eigenvalue weighted by Crippen LogP contribution is -2.15. The van der Waals surface area contributed by atoms with Crippen LogP contribution in [0.4, 0.5) is 19.0 Å². The molecule has 0 aliphatic heterocycles. The van der Waals surface area contributed by atoms with E-state index in [0.29, 0.717) is 5.82 Å². The smallest absolute Gasteiger partial charge is 0.306 e. The second kappa shape index (κ2) is 5.28. The quantitative estimate of drug-likeness (QED) is 0.920. The molecule has 2 heterocycles. The zero-order valence-corrected chi connectivity index (χ0v) is 10.4. The highest BCUT2D eigenvalue weighted by molar-refractivity contribution is 6.03. The van der Waals surface area contributed by atoms with Crippen LogP contribution >= 0.6 is 0 Å². The van der Waals surface area contributed by atoms with Gasteiger partial charge in [0.05, 0.1) is 5.56 Å². The van der Waals surface area contributed by atoms with Crippen molar-refractivity contribution in [1.82, 2.24) is 9.97 Å². The maximum atomic E-state index is 12.3. The standard InChI is InChI=1S/C13H10F3N3O/c1-8-3-2-6-17-11(8)19-12(20)9-4-5-10(18-7-9)13(14,15)16/h2-7H,1H3,(H,17,19,20). The highest BCUT2D eigenvalue weighted by Crippen LogP contribution is 2.27. The van der Waals surface area contributed by atoms with Crippen LogP contribution in [0.1, 0.15) is 21.6 Å². The van der Waals surface area contributed by atoms with E-state index in [9.17, 15) is 18.0 Å². The Kier molecular flexibility index (Phi) is 3.69. The second-order valence-electron chi connectivity index (χ2n) is 4.05. The molecule has 2 aromatic heterocycles. The predicted molar refractivity (Wildman–Crippen MR) is 66.2 cm³/mol. The molecule has 0 spiro atoms. The van der Waals surface area contributed by atoms with Gasteiger partial charge in [0.1, 0.15) is 11.5 Å². The van der Waals surface area contributed by atoms with Crippen LogP contribution in [-0.4, -0.2) is 15.9 Å². The first kappa shape index (κ1) is 14.0. The van der Waals surface area contributed by atoms with E-state index in [1.165, 1.54) is 6.20 Å². The average molecular weight is 281 g/mol. The minimum atomic E-state index is -4.52. The molecule has 7 heteroatoms. The topological polar surface area (TPSA) is 54.9 Å². The lowest BCUT2D eigenvalue weighted by atomic mass is 10.2. The molecule has 0 aliphatic carbocycles. The molecule has 0 saturated carbocycles. The molecule has 0 bridgehead atoms. The molecule has 2 rings (SSSR count). The van der Waals surface area contributed by atoms with Crippen molar-refractivity contribution in [2.24, 2.45) is 0 Å². The number of pyridine rings is 2. The molecular weight excluding hydrogens is 271 g/mol. The number of alkyl halides is 3. The van der Waals surface area contributed by atoms with Crippen LogP contribution < -0.4 is 5.32 Å². The summed E-state index contributed by atoms with van der Waals surface area (Å²) in [6, 6.07) is 5.31. The zero-order chi connectivity index (χ0) is 14.8. The van der Waals surface area contributed by atoms with Crippen LogP contribution in [0, 0.1) is 6.92 Å². The first-order valence-corrected chi connectivity index (χ1v) is 5.64. The monoisotopic (exact) mass is 281 g/mol. The summed E-state index contributed by atoms with van der Waals surface area (Å²) < 4.78 is 37.0. The fourth-order valence-corrected chi connectivity index (χ4v) is 1.49. The van der Waals surface area contributed by atoms with E-state index in [1.54, 1.807) is 19.1 Å². The minimum absolute atomic E-state index is 0.0306. The van der Waals surface area contributed by atoms with Crippen molar-refractivity contribution < 1.29 is 18.0 Å². The summed E-state index contributed by atoms with van der Waals surface area (Å²) in [4.78, 5) is 19.1. The molecule has 4 nitrogen and oxygen atoms in total. The lowest BCUT2D eigenvalue weighted by molar-refractivity contribution is -0.141. The molecule has 0 saturated heterocycles. The van der Waals surface area contributed by atoms with Crippen LogP contribution in [0.5, 0.6) is 0 Å². The highest BCUT2D eigenvalue weighted by atomic mass is 19.4. The Labute approximate surface area is 112 Å². The van der Waals surface area contributed by atoms with Crippen molar-refractivity contribution in [1.29, 1.82) is 0 Å². The van der Waals surface area contributed by atoms with Crippen molar-refractivity contribution in [2.75, 3.05) is 5.32 Å². The van der Waals surface area contributed by atoms with E-state index >= 15 is 0 Å². The van der Waals surface area contributed by atoms with Crippen molar-refractivity contribution in [2.45, 2.75) is 13.1 Å². The van der Waals surface area contributed by atoms with Gasteiger partial charge in [-0.1, -0.05) is 6.07 Å². The molecule has 20 heavy (non-hydrogen) atoms. The molecule has 0 unspecified atom stereocenters. The number of nitrogens with zero attached hydrogens (tertiary/aromatic N) is 2. The van der Waals surface area contributed by atoms with Gasteiger partial charge in [0, 0.05) is 12.4 Å². The van der Waals surface area contributed by atoms with Gasteiger partial charge < -0.3 is 5.32 Å². The predicted octanol–water partition coefficient (Wildman–Crippen LogP) is 3.06. The number of amides is 1. The van der Waals surface area contributed by atoms with E-state index in [4.69, 9.17) is 0 Å². The summed E-state index contributed by atoms with van der Waals surface area (Å²) in [6.07, 6.45) is -2.13. The van der Waals surface area contributed by atoms with Crippen molar-refractivity contribution >= 4 is 11.7 Å². The van der Waals surface area contributed by atoms with Crippen LogP contribution in [0.15, 0.2) is 36.7 Å². The van der Waals surface area contributed by atoms with Crippen molar-refractivity contribution in [3.05, 3.63) is 53.5 Å². The number of rotatable bonds is 2. The van der Waals surface area contributed by atoms with E-state index in [-0.39, 0.29) is 5.56 Å². The van der Waals surface area contributed by atoms with Gasteiger partial charge in [-0.25, -0.2) is 4.98 Å². The number of halogens is 3. The van der Waals surface area contributed by atoms with Crippen molar-refractivity contribution in [3.63, 3.8) is 0 Å². The number of carbonyl (C=O) groups excluding carboxylic acids is 1. The van der Waals surface area contributed by atoms with Crippen LogP contribution in [-0.2, 0) is 6.18 Å². The van der Waals surface area contributed by atoms with Crippen LogP contribution in [0.3, 0.4) is 0 Å². The normalized spacial score (nSPS) is 11.2. The molecule has 0 atom stereocenters. The molecule has 0 aliphatic rings. The molecular formula is C13H10F3N3O. The van der Waals surface area contributed by atoms with Gasteiger partial charge in [-0.2, -0.15) is 13.2 Å². The maximum absolute atomic E-state index is 12.3. The van der Waals surface area contributed by atoms with Gasteiger partial charge in [0.25, 0.3) is 5.91 Å². The average Bonchev–Trinajstić information content (AvgIpc) is 2.40. The Morgan fingerprint density at radius 2 is 1.95 bits per heavy atom. The van der Waals surface area contributed by atoms with E-state index in [2.05, 4.69) is 15.3 Å². The third-order valence-corrected chi connectivity index (χ3v) is 2.56. The number of hydrogen-bond acceptors (Lipinski definition) is 3. The lowest BCUT2D eigenvalue weighted by Gasteiger charge is -2.08. The summed E-state index contributed by atoms with van der Waals surface area (Å²) in [6.45, 7) is 1.76. The van der Waals surface area contributed by atoms with Gasteiger partial charge in [-0.3, -0.25) is 9.78 Å². The molecule has 104 valence electrons. The Morgan fingerprint density at radius 1 is 1.20 bits per heavy atom. The summed E-state index contributed by atoms with van der Waals surface area (Å²) in [5, 5.41) is 2.51. The fourth-order valence-electron chi connectivity index (χ4n) is 1.49. The molecule has 1 N–H and O–H groups in total. The molecule has 0 aromatic carbocycles. The number of aromatic nitrogens is 2. The molecule has 0 radical (unpaired) electrons. The maximum Gasteiger partial charge on any atom is 0.433 e. The Balaban J connectivity index is 2.16. The first-order valence-electron chi connectivity index (χ1n) is 5.64. The molecule has 0 fully saturated rings. The minimum Gasteiger partial charge on any atom is -0.306 e. The van der Waals surface area contributed by atoms with E-state index in [1.807, 2.05) is 0 Å². The van der Waals surface area contributed by atoms with Crippen molar-refractivity contribution in [3.8, 4) is 0 Å². The molecule has 1 amide bonds. The van der Waals surface area contributed by atoms with Gasteiger partial charge in [0.15, 0.2) is 0 Å². The fraction of sp³-hybridized carbons (Fsp3) is 0.154. The van der Waals surface area contributed by atoms with E-state index < -0.39 is 17.8 Å². The molecule has 2 aromatic rings. The number of carbonyl (C=O) groups is 1. The Bertz CT molecular complexity index is 624. The van der Waals surface area contributed by atoms with Gasteiger partial charge >= 0.3 is 6.18 Å². The van der Waals surface area contributed by atoms with E-state index in [0.717, 1.165) is 23.9 Å². The van der Waals surface area contributed by atoms with Crippen LogP contribution in [0.25, 0.3) is 0 Å². The van der Waals surface area contributed by atoms with Gasteiger partial charge in [0.2, 0.25) is 0 Å². The third-order valence-electron chi connectivity index (χ3n) is 2.56. The number of hydrogen-bond donors (Lipinski definition) is 1. The van der Waals surface area contributed by atoms with Crippen LogP contribution in [0.2, 0.25) is 0 Å². The second-order valence-corrected chi connectivity index (χ2v) is 4.05. The third kappa shape index (κ3) is 3.11. The highest BCUT2D eigenvalue weighted by Gasteiger charge is 2.32. The SMILES string of the molecule is Cc1cccnc1NC(=O)c1ccc(C(F)(F)F)nc1. The first-order chi connectivity index (χ1) is 9.38.